The Morgan fingerprint density at radius 2 is 1.72 bits per heavy atom. The summed E-state index contributed by atoms with van der Waals surface area (Å²) in [7, 11) is 3.76. The zero-order valence-corrected chi connectivity index (χ0v) is 23.8. The molecule has 0 aromatic heterocycles. The summed E-state index contributed by atoms with van der Waals surface area (Å²) in [5, 5.41) is 19.3. The molecule has 2 aliphatic carbocycles. The van der Waals surface area contributed by atoms with Gasteiger partial charge in [0, 0.05) is 26.2 Å². The third kappa shape index (κ3) is 5.70. The first-order valence-corrected chi connectivity index (χ1v) is 14.8. The number of alkyl halides is 4. The first-order valence-electron chi connectivity index (χ1n) is 14.8. The van der Waals surface area contributed by atoms with Gasteiger partial charge in [-0.1, -0.05) is 12.2 Å². The van der Waals surface area contributed by atoms with Crippen molar-refractivity contribution in [1.29, 1.82) is 5.41 Å². The number of rotatable bonds is 5. The summed E-state index contributed by atoms with van der Waals surface area (Å²) in [5.74, 6) is 1.48. The van der Waals surface area contributed by atoms with Gasteiger partial charge >= 0.3 is 6.18 Å². The largest absolute Gasteiger partial charge is 0.405 e. The van der Waals surface area contributed by atoms with Crippen LogP contribution in [0.15, 0.2) is 12.2 Å². The van der Waals surface area contributed by atoms with Crippen LogP contribution in [-0.2, 0) is 0 Å². The number of hydrogen-bond acceptors (Lipinski definition) is 5. The van der Waals surface area contributed by atoms with E-state index >= 15 is 0 Å². The molecule has 3 saturated heterocycles. The Balaban J connectivity index is 1.23. The lowest BCUT2D eigenvalue weighted by molar-refractivity contribution is -0.150. The number of nitrogens with zero attached hydrogens (tertiary/aromatic N) is 3. The van der Waals surface area contributed by atoms with Gasteiger partial charge < -0.3 is 9.80 Å². The van der Waals surface area contributed by atoms with Crippen molar-refractivity contribution in [2.75, 3.05) is 27.2 Å². The van der Waals surface area contributed by atoms with E-state index in [9.17, 15) is 17.6 Å². The third-order valence-corrected chi connectivity index (χ3v) is 10.4. The summed E-state index contributed by atoms with van der Waals surface area (Å²) in [4.78, 5) is 6.05. The molecule has 0 aromatic rings. The van der Waals surface area contributed by atoms with Crippen LogP contribution in [0.2, 0.25) is 0 Å². The van der Waals surface area contributed by atoms with Gasteiger partial charge in [-0.2, -0.15) is 13.2 Å². The molecule has 5 aliphatic rings. The normalized spacial score (nSPS) is 44.1. The molecule has 0 amide bonds. The van der Waals surface area contributed by atoms with Gasteiger partial charge in [-0.05, 0) is 89.5 Å². The van der Waals surface area contributed by atoms with Crippen molar-refractivity contribution in [3.8, 4) is 0 Å². The minimum Gasteiger partial charge on any atom is -0.338 e. The van der Waals surface area contributed by atoms with Crippen LogP contribution in [0.3, 0.4) is 0 Å². The van der Waals surface area contributed by atoms with Crippen molar-refractivity contribution in [3.63, 3.8) is 0 Å². The number of allylic oxidation sites excluding steroid dienone is 1. The minimum atomic E-state index is -4.22. The van der Waals surface area contributed by atoms with E-state index in [2.05, 4.69) is 41.3 Å². The Labute approximate surface area is 230 Å². The van der Waals surface area contributed by atoms with E-state index in [1.807, 2.05) is 16.8 Å². The van der Waals surface area contributed by atoms with Crippen molar-refractivity contribution < 1.29 is 17.6 Å². The molecule has 3 heterocycles. The van der Waals surface area contributed by atoms with Crippen LogP contribution < -0.4 is 16.0 Å². The third-order valence-electron chi connectivity index (χ3n) is 10.4. The SMILES string of the molecule is C=C(C)C1CCC(F)CC1C1NC(C)C2C(N1)N(CC1CCC(C3NC(C(F)(F)F)CN3C)CC1)C(=N)N2C. The Kier molecular flexibility index (Phi) is 8.27. The van der Waals surface area contributed by atoms with E-state index in [1.165, 1.54) is 0 Å². The summed E-state index contributed by atoms with van der Waals surface area (Å²) in [6.07, 6.45) is 0.248. The molecule has 0 radical (unpaired) electrons. The van der Waals surface area contributed by atoms with Gasteiger partial charge in [0.25, 0.3) is 0 Å². The van der Waals surface area contributed by atoms with E-state index in [0.717, 1.165) is 44.2 Å². The van der Waals surface area contributed by atoms with Crippen molar-refractivity contribution in [1.82, 2.24) is 30.7 Å². The molecule has 222 valence electrons. The molecule has 2 saturated carbocycles. The lowest BCUT2D eigenvalue weighted by atomic mass is 9.73. The highest BCUT2D eigenvalue weighted by molar-refractivity contribution is 5.80. The molecule has 0 spiro atoms. The smallest absolute Gasteiger partial charge is 0.338 e. The maximum absolute atomic E-state index is 14.5. The Morgan fingerprint density at radius 1 is 1.03 bits per heavy atom. The highest BCUT2D eigenvalue weighted by Crippen LogP contribution is 2.40. The molecule has 7 nitrogen and oxygen atoms in total. The molecule has 9 unspecified atom stereocenters. The zero-order chi connectivity index (χ0) is 28.2. The fourth-order valence-electron chi connectivity index (χ4n) is 8.31. The second-order valence-electron chi connectivity index (χ2n) is 13.1. The molecule has 3 aliphatic heterocycles. The van der Waals surface area contributed by atoms with Gasteiger partial charge in [-0.3, -0.25) is 26.3 Å². The van der Waals surface area contributed by atoms with Gasteiger partial charge in [-0.25, -0.2) is 4.39 Å². The van der Waals surface area contributed by atoms with E-state index in [-0.39, 0.29) is 54.9 Å². The highest BCUT2D eigenvalue weighted by Gasteiger charge is 2.52. The van der Waals surface area contributed by atoms with Crippen LogP contribution in [0, 0.1) is 29.1 Å². The molecule has 5 rings (SSSR count). The van der Waals surface area contributed by atoms with Crippen molar-refractivity contribution in [2.45, 2.75) is 108 Å². The van der Waals surface area contributed by atoms with Crippen LogP contribution >= 0.6 is 0 Å². The number of nitrogens with one attached hydrogen (secondary N) is 4. The monoisotopic (exact) mass is 557 g/mol. The molecular formula is C28H47F4N7. The van der Waals surface area contributed by atoms with E-state index < -0.39 is 18.4 Å². The fraction of sp³-hybridized carbons (Fsp3) is 0.893. The van der Waals surface area contributed by atoms with Crippen LogP contribution in [0.4, 0.5) is 17.6 Å². The molecule has 4 N–H and O–H groups in total. The van der Waals surface area contributed by atoms with Crippen LogP contribution in [-0.4, -0.2) is 96.8 Å². The Bertz CT molecular complexity index is 907. The summed E-state index contributed by atoms with van der Waals surface area (Å²) in [5.41, 5.74) is 1.11. The first-order chi connectivity index (χ1) is 18.3. The number of guanidine groups is 1. The predicted molar refractivity (Wildman–Crippen MR) is 145 cm³/mol. The van der Waals surface area contributed by atoms with Crippen molar-refractivity contribution in [2.24, 2.45) is 23.7 Å². The molecule has 11 heteroatoms. The summed E-state index contributed by atoms with van der Waals surface area (Å²) >= 11 is 0. The molecule has 9 atom stereocenters. The van der Waals surface area contributed by atoms with Gasteiger partial charge in [-0.15, -0.1) is 0 Å². The van der Waals surface area contributed by atoms with Crippen molar-refractivity contribution in [3.05, 3.63) is 12.2 Å². The van der Waals surface area contributed by atoms with E-state index in [1.54, 1.807) is 7.05 Å². The second kappa shape index (κ2) is 11.1. The lowest BCUT2D eigenvalue weighted by Gasteiger charge is -2.48. The Morgan fingerprint density at radius 3 is 2.33 bits per heavy atom. The Hall–Kier alpha value is -1.43. The quantitative estimate of drug-likeness (QED) is 0.305. The maximum Gasteiger partial charge on any atom is 0.405 e. The number of halogens is 4. The minimum absolute atomic E-state index is 0.00385. The average molecular weight is 558 g/mol. The van der Waals surface area contributed by atoms with E-state index in [4.69, 9.17) is 5.41 Å². The number of likely N-dealkylation sites (N-methyl/N-ethyl adjacent to an activating group) is 2. The summed E-state index contributed by atoms with van der Waals surface area (Å²) in [6, 6.07) is -1.23. The number of hydrogen-bond donors (Lipinski definition) is 4. The average Bonchev–Trinajstić information content (AvgIpc) is 3.38. The molecule has 5 fully saturated rings. The summed E-state index contributed by atoms with van der Waals surface area (Å²) < 4.78 is 54.4. The standard InChI is InChI=1S/C28H47F4N7/c1-15(2)20-11-10-19(29)12-21(20)24-34-16(3)23-26(36-24)39(27(33)38(23)5)13-17-6-8-18(9-7-17)25-35-22(14-37(25)4)28(30,31)32/h16-26,33-36H,1,6-14H2,2-5H3. The summed E-state index contributed by atoms with van der Waals surface area (Å²) in [6.45, 7) is 9.18. The van der Waals surface area contributed by atoms with Gasteiger partial charge in [0.2, 0.25) is 0 Å². The topological polar surface area (TPSA) is 69.7 Å². The van der Waals surface area contributed by atoms with Gasteiger partial charge in [0.1, 0.15) is 18.4 Å². The van der Waals surface area contributed by atoms with Gasteiger partial charge in [0.15, 0.2) is 5.96 Å². The van der Waals surface area contributed by atoms with Crippen LogP contribution in [0.5, 0.6) is 0 Å². The molecule has 0 aromatic carbocycles. The van der Waals surface area contributed by atoms with Crippen LogP contribution in [0.1, 0.15) is 58.8 Å². The van der Waals surface area contributed by atoms with Gasteiger partial charge in [0.05, 0.1) is 18.4 Å². The maximum atomic E-state index is 14.5. The highest BCUT2D eigenvalue weighted by atomic mass is 19.4. The fourth-order valence-corrected chi connectivity index (χ4v) is 8.31. The zero-order valence-electron chi connectivity index (χ0n) is 23.8. The first kappa shape index (κ1) is 29.1. The number of fused-ring (bicyclic) bond motifs is 1. The van der Waals surface area contributed by atoms with Crippen LogP contribution in [0.25, 0.3) is 0 Å². The lowest BCUT2D eigenvalue weighted by Crippen LogP contribution is -2.71. The molecule has 0 bridgehead atoms. The molecule has 39 heavy (non-hydrogen) atoms. The van der Waals surface area contributed by atoms with Crippen molar-refractivity contribution >= 4 is 5.96 Å². The second-order valence-corrected chi connectivity index (χ2v) is 13.1. The van der Waals surface area contributed by atoms with E-state index in [0.29, 0.717) is 24.7 Å². The predicted octanol–water partition coefficient (Wildman–Crippen LogP) is 3.70. The molecular weight excluding hydrogens is 510 g/mol.